The van der Waals surface area contributed by atoms with Crippen molar-refractivity contribution in [3.05, 3.63) is 51.1 Å². The number of nitrogens with zero attached hydrogens (tertiary/aromatic N) is 3. The van der Waals surface area contributed by atoms with Gasteiger partial charge in [-0.2, -0.15) is 10.2 Å². The van der Waals surface area contributed by atoms with E-state index in [2.05, 4.69) is 41.6 Å². The molecule has 0 radical (unpaired) electrons. The third-order valence-electron chi connectivity index (χ3n) is 1.90. The molecule has 17 heavy (non-hydrogen) atoms. The number of pyridine rings is 1. The summed E-state index contributed by atoms with van der Waals surface area (Å²) >= 11 is 3.14. The fourth-order valence-corrected chi connectivity index (χ4v) is 1.37. The van der Waals surface area contributed by atoms with Gasteiger partial charge in [0.1, 0.15) is 4.47 Å². The van der Waals surface area contributed by atoms with Crippen molar-refractivity contribution in [3.63, 3.8) is 0 Å². The molecule has 0 aliphatic rings. The first-order valence-electron chi connectivity index (χ1n) is 4.69. The second-order valence-corrected chi connectivity index (χ2v) is 3.87. The Morgan fingerprint density at radius 2 is 2.18 bits per heavy atom. The van der Waals surface area contributed by atoms with Gasteiger partial charge in [-0.1, -0.05) is 0 Å². The number of hydrazone groups is 1. The highest BCUT2D eigenvalue weighted by atomic mass is 79.9. The van der Waals surface area contributed by atoms with Gasteiger partial charge in [-0.05, 0) is 33.6 Å². The normalized spacial score (nSPS) is 10.6. The second kappa shape index (κ2) is 5.35. The van der Waals surface area contributed by atoms with Crippen LogP contribution in [0, 0.1) is 0 Å². The standard InChI is InChI=1S/C10H8BrN5O/c11-9-8(6-14-16-10(9)17)15-13-5-7-1-3-12-4-2-7/h1-6H,(H2,15,16,17). The van der Waals surface area contributed by atoms with E-state index in [1.165, 1.54) is 6.20 Å². The minimum atomic E-state index is -0.311. The van der Waals surface area contributed by atoms with E-state index in [1.54, 1.807) is 18.6 Å². The molecule has 0 saturated heterocycles. The Bertz CT molecular complexity index is 581. The Morgan fingerprint density at radius 1 is 1.41 bits per heavy atom. The maximum atomic E-state index is 11.2. The van der Waals surface area contributed by atoms with Crippen LogP contribution in [-0.4, -0.2) is 21.4 Å². The van der Waals surface area contributed by atoms with Gasteiger partial charge in [0.15, 0.2) is 0 Å². The van der Waals surface area contributed by atoms with Crippen LogP contribution in [-0.2, 0) is 0 Å². The van der Waals surface area contributed by atoms with Crippen LogP contribution in [0.4, 0.5) is 5.69 Å². The third-order valence-corrected chi connectivity index (χ3v) is 2.69. The smallest absolute Gasteiger partial charge is 0.275 e. The van der Waals surface area contributed by atoms with Crippen molar-refractivity contribution < 1.29 is 0 Å². The van der Waals surface area contributed by atoms with Crippen LogP contribution >= 0.6 is 15.9 Å². The SMILES string of the molecule is O=c1[nH]ncc(NN=Cc2ccncc2)c1Br. The summed E-state index contributed by atoms with van der Waals surface area (Å²) in [5.74, 6) is 0. The molecular formula is C10H8BrN5O. The number of H-pyrrole nitrogens is 1. The van der Waals surface area contributed by atoms with Crippen molar-refractivity contribution in [2.24, 2.45) is 5.10 Å². The van der Waals surface area contributed by atoms with Crippen molar-refractivity contribution >= 4 is 27.8 Å². The molecule has 6 nitrogen and oxygen atoms in total. The first-order valence-corrected chi connectivity index (χ1v) is 5.49. The van der Waals surface area contributed by atoms with Crippen LogP contribution in [0.1, 0.15) is 5.56 Å². The van der Waals surface area contributed by atoms with Crippen LogP contribution < -0.4 is 11.0 Å². The van der Waals surface area contributed by atoms with Crippen molar-refractivity contribution in [2.45, 2.75) is 0 Å². The second-order valence-electron chi connectivity index (χ2n) is 3.08. The molecular weight excluding hydrogens is 286 g/mol. The number of aromatic amines is 1. The predicted molar refractivity (Wildman–Crippen MR) is 68.0 cm³/mol. The van der Waals surface area contributed by atoms with E-state index in [1.807, 2.05) is 12.1 Å². The summed E-state index contributed by atoms with van der Waals surface area (Å²) in [5, 5.41) is 9.94. The van der Waals surface area contributed by atoms with Crippen LogP contribution in [0.5, 0.6) is 0 Å². The predicted octanol–water partition coefficient (Wildman–Crippen LogP) is 1.37. The zero-order valence-electron chi connectivity index (χ0n) is 8.59. The van der Waals surface area contributed by atoms with Crippen molar-refractivity contribution in [3.8, 4) is 0 Å². The molecule has 0 saturated carbocycles. The molecule has 2 heterocycles. The van der Waals surface area contributed by atoms with E-state index in [9.17, 15) is 4.79 Å². The summed E-state index contributed by atoms with van der Waals surface area (Å²) in [7, 11) is 0. The summed E-state index contributed by atoms with van der Waals surface area (Å²) in [6, 6.07) is 3.63. The monoisotopic (exact) mass is 293 g/mol. The van der Waals surface area contributed by atoms with Gasteiger partial charge in [0, 0.05) is 12.4 Å². The summed E-state index contributed by atoms with van der Waals surface area (Å²) in [5.41, 5.74) is 3.81. The number of hydrogen-bond acceptors (Lipinski definition) is 5. The van der Waals surface area contributed by atoms with E-state index >= 15 is 0 Å². The van der Waals surface area contributed by atoms with Crippen molar-refractivity contribution in [2.75, 3.05) is 5.43 Å². The van der Waals surface area contributed by atoms with Gasteiger partial charge in [-0.25, -0.2) is 5.10 Å². The van der Waals surface area contributed by atoms with Gasteiger partial charge >= 0.3 is 0 Å². The van der Waals surface area contributed by atoms with E-state index in [4.69, 9.17) is 0 Å². The molecule has 86 valence electrons. The van der Waals surface area contributed by atoms with Crippen molar-refractivity contribution in [1.29, 1.82) is 0 Å². The minimum absolute atomic E-state index is 0.311. The summed E-state index contributed by atoms with van der Waals surface area (Å²) in [6.07, 6.45) is 6.43. The van der Waals surface area contributed by atoms with E-state index in [-0.39, 0.29) is 5.56 Å². The number of aromatic nitrogens is 3. The molecule has 0 amide bonds. The molecule has 0 spiro atoms. The van der Waals surface area contributed by atoms with Crippen LogP contribution in [0.2, 0.25) is 0 Å². The molecule has 0 bridgehead atoms. The zero-order valence-corrected chi connectivity index (χ0v) is 10.2. The molecule has 0 aliphatic carbocycles. The number of halogens is 1. The van der Waals surface area contributed by atoms with Gasteiger partial charge in [-0.15, -0.1) is 0 Å². The summed E-state index contributed by atoms with van der Waals surface area (Å²) in [4.78, 5) is 15.1. The largest absolute Gasteiger partial charge is 0.280 e. The molecule has 7 heteroatoms. The van der Waals surface area contributed by atoms with Crippen molar-refractivity contribution in [1.82, 2.24) is 15.2 Å². The number of hydrogen-bond donors (Lipinski definition) is 2. The Kier molecular flexibility index (Phi) is 3.61. The van der Waals surface area contributed by atoms with Gasteiger partial charge in [0.05, 0.1) is 18.1 Å². The fraction of sp³-hybridized carbons (Fsp3) is 0. The van der Waals surface area contributed by atoms with Gasteiger partial charge < -0.3 is 0 Å². The number of nitrogens with one attached hydrogen (secondary N) is 2. The van der Waals surface area contributed by atoms with Gasteiger partial charge in [0.25, 0.3) is 5.56 Å². The Labute approximate surface area is 105 Å². The summed E-state index contributed by atoms with van der Waals surface area (Å²) in [6.45, 7) is 0. The average molecular weight is 294 g/mol. The highest BCUT2D eigenvalue weighted by Crippen LogP contribution is 2.14. The molecule has 0 fully saturated rings. The highest BCUT2D eigenvalue weighted by molar-refractivity contribution is 9.10. The topological polar surface area (TPSA) is 83.0 Å². The van der Waals surface area contributed by atoms with Crippen LogP contribution in [0.3, 0.4) is 0 Å². The lowest BCUT2D eigenvalue weighted by molar-refractivity contribution is 0.977. The zero-order chi connectivity index (χ0) is 12.1. The van der Waals surface area contributed by atoms with Gasteiger partial charge in [-0.3, -0.25) is 15.2 Å². The van der Waals surface area contributed by atoms with Gasteiger partial charge in [0.2, 0.25) is 0 Å². The summed E-state index contributed by atoms with van der Waals surface area (Å²) < 4.78 is 0.361. The lowest BCUT2D eigenvalue weighted by Gasteiger charge is -2.00. The lowest BCUT2D eigenvalue weighted by Crippen LogP contribution is -2.10. The molecule has 2 aromatic heterocycles. The number of rotatable bonds is 3. The Morgan fingerprint density at radius 3 is 2.94 bits per heavy atom. The van der Waals surface area contributed by atoms with E-state index in [0.717, 1.165) is 5.56 Å². The Balaban J connectivity index is 2.11. The van der Waals surface area contributed by atoms with E-state index in [0.29, 0.717) is 10.2 Å². The fourth-order valence-electron chi connectivity index (χ4n) is 1.09. The molecule has 2 N–H and O–H groups in total. The molecule has 0 aromatic carbocycles. The van der Waals surface area contributed by atoms with Crippen LogP contribution in [0.25, 0.3) is 0 Å². The third kappa shape index (κ3) is 2.97. The maximum Gasteiger partial charge on any atom is 0.280 e. The quantitative estimate of drug-likeness (QED) is 0.661. The first kappa shape index (κ1) is 11.5. The Hall–Kier alpha value is -2.02. The van der Waals surface area contributed by atoms with E-state index < -0.39 is 0 Å². The molecule has 0 aliphatic heterocycles. The molecule has 0 atom stereocenters. The minimum Gasteiger partial charge on any atom is -0.275 e. The maximum absolute atomic E-state index is 11.2. The average Bonchev–Trinajstić information content (AvgIpc) is 2.36. The first-order chi connectivity index (χ1) is 8.27. The molecule has 2 aromatic rings. The lowest BCUT2D eigenvalue weighted by atomic mass is 10.3. The molecule has 2 rings (SSSR count). The van der Waals surface area contributed by atoms with Crippen LogP contribution in [0.15, 0.2) is 45.1 Å². The molecule has 0 unspecified atom stereocenters. The number of anilines is 1. The highest BCUT2D eigenvalue weighted by Gasteiger charge is 2.01.